The number of carbonyl (C=O) groups excluding carboxylic acids is 2. The van der Waals surface area contributed by atoms with Gasteiger partial charge in [-0.2, -0.15) is 0 Å². The van der Waals surface area contributed by atoms with Gasteiger partial charge in [-0.25, -0.2) is 4.79 Å². The summed E-state index contributed by atoms with van der Waals surface area (Å²) in [5, 5.41) is 0.665. The molecular formula is C20H23NO6. The summed E-state index contributed by atoms with van der Waals surface area (Å²) in [5.41, 5.74) is -0.321. The lowest BCUT2D eigenvalue weighted by Gasteiger charge is -2.27. The lowest BCUT2D eigenvalue weighted by Crippen LogP contribution is -2.43. The van der Waals surface area contributed by atoms with Crippen LogP contribution >= 0.6 is 0 Å². The van der Waals surface area contributed by atoms with Crippen molar-refractivity contribution < 1.29 is 23.5 Å². The van der Waals surface area contributed by atoms with Gasteiger partial charge in [-0.05, 0) is 25.0 Å². The van der Waals surface area contributed by atoms with E-state index in [1.54, 1.807) is 31.2 Å². The highest BCUT2D eigenvalue weighted by Gasteiger charge is 2.28. The van der Waals surface area contributed by atoms with Crippen LogP contribution in [0.3, 0.4) is 0 Å². The van der Waals surface area contributed by atoms with Crippen LogP contribution in [0.2, 0.25) is 0 Å². The summed E-state index contributed by atoms with van der Waals surface area (Å²) in [4.78, 5) is 38.8. The van der Waals surface area contributed by atoms with E-state index >= 15 is 0 Å². The zero-order valence-electron chi connectivity index (χ0n) is 15.5. The maximum atomic E-state index is 13.1. The van der Waals surface area contributed by atoms with Crippen molar-refractivity contribution in [1.29, 1.82) is 0 Å². The number of methoxy groups -OCH3 is 1. The predicted octanol–water partition coefficient (Wildman–Crippen LogP) is 2.22. The molecule has 2 heterocycles. The van der Waals surface area contributed by atoms with Gasteiger partial charge in [-0.1, -0.05) is 25.1 Å². The molecule has 1 saturated heterocycles. The summed E-state index contributed by atoms with van der Waals surface area (Å²) < 4.78 is 15.7. The summed E-state index contributed by atoms with van der Waals surface area (Å²) >= 11 is 0. The molecule has 1 aliphatic rings. The smallest absolute Gasteiger partial charge is 0.349 e. The number of benzene rings is 1. The van der Waals surface area contributed by atoms with Crippen molar-refractivity contribution >= 4 is 22.8 Å². The van der Waals surface area contributed by atoms with Crippen molar-refractivity contribution in [3.63, 3.8) is 0 Å². The van der Waals surface area contributed by atoms with Gasteiger partial charge < -0.3 is 18.8 Å². The number of para-hydroxylation sites is 1. The van der Waals surface area contributed by atoms with E-state index in [2.05, 4.69) is 0 Å². The van der Waals surface area contributed by atoms with Crippen molar-refractivity contribution in [3.05, 3.63) is 46.3 Å². The molecule has 0 aliphatic carbocycles. The number of ether oxygens (including phenoxy) is 2. The summed E-state index contributed by atoms with van der Waals surface area (Å²) in [6, 6.07) is 8.55. The molecule has 1 fully saturated rings. The predicted molar refractivity (Wildman–Crippen MR) is 98.5 cm³/mol. The van der Waals surface area contributed by atoms with E-state index in [9.17, 15) is 14.4 Å². The molecule has 0 spiro atoms. The third kappa shape index (κ3) is 4.36. The standard InChI is InChI=1S/C20H23NO6/c1-13(19(23)25-2)11-21(12-15-7-5-9-26-15)18(22)16-10-14-6-3-4-8-17(14)27-20(16)24/h3-4,6,8,10,13,15H,5,7,9,11-12H2,1-2H3. The first-order valence-corrected chi connectivity index (χ1v) is 9.01. The molecule has 0 radical (unpaired) electrons. The normalized spacial score (nSPS) is 17.6. The fourth-order valence-electron chi connectivity index (χ4n) is 3.26. The molecule has 27 heavy (non-hydrogen) atoms. The molecule has 2 aromatic rings. The zero-order valence-corrected chi connectivity index (χ0v) is 15.5. The second kappa shape index (κ2) is 8.35. The number of esters is 1. The molecule has 7 nitrogen and oxygen atoms in total. The van der Waals surface area contributed by atoms with Crippen molar-refractivity contribution in [2.24, 2.45) is 5.92 Å². The van der Waals surface area contributed by atoms with Crippen LogP contribution in [0.4, 0.5) is 0 Å². The van der Waals surface area contributed by atoms with E-state index < -0.39 is 23.4 Å². The molecule has 2 atom stereocenters. The van der Waals surface area contributed by atoms with Crippen molar-refractivity contribution in [1.82, 2.24) is 4.90 Å². The van der Waals surface area contributed by atoms with Gasteiger partial charge in [0.25, 0.3) is 5.91 Å². The number of amides is 1. The fraction of sp³-hybridized carbons (Fsp3) is 0.450. The first kappa shape index (κ1) is 19.1. The highest BCUT2D eigenvalue weighted by Crippen LogP contribution is 2.18. The minimum atomic E-state index is -0.693. The van der Waals surface area contributed by atoms with Gasteiger partial charge in [0.1, 0.15) is 11.1 Å². The van der Waals surface area contributed by atoms with Crippen LogP contribution in [0, 0.1) is 5.92 Å². The van der Waals surface area contributed by atoms with Gasteiger partial charge in [0.15, 0.2) is 0 Å². The highest BCUT2D eigenvalue weighted by atomic mass is 16.5. The molecule has 1 amide bonds. The van der Waals surface area contributed by atoms with Crippen molar-refractivity contribution in [2.75, 3.05) is 26.8 Å². The second-order valence-corrected chi connectivity index (χ2v) is 6.75. The molecule has 0 bridgehead atoms. The highest BCUT2D eigenvalue weighted by molar-refractivity contribution is 5.96. The number of rotatable bonds is 6. The van der Waals surface area contributed by atoms with Gasteiger partial charge in [0, 0.05) is 25.1 Å². The minimum Gasteiger partial charge on any atom is -0.469 e. The fourth-order valence-corrected chi connectivity index (χ4v) is 3.26. The lowest BCUT2D eigenvalue weighted by molar-refractivity contribution is -0.145. The van der Waals surface area contributed by atoms with E-state index in [1.807, 2.05) is 0 Å². The van der Waals surface area contributed by atoms with Gasteiger partial charge in [0.2, 0.25) is 0 Å². The van der Waals surface area contributed by atoms with E-state index in [4.69, 9.17) is 13.9 Å². The Bertz CT molecular complexity index is 883. The first-order chi connectivity index (χ1) is 13.0. The Morgan fingerprint density at radius 1 is 1.33 bits per heavy atom. The number of nitrogens with zero attached hydrogens (tertiary/aromatic N) is 1. The molecule has 1 aromatic carbocycles. The molecule has 1 aliphatic heterocycles. The number of fused-ring (bicyclic) bond motifs is 1. The van der Waals surface area contributed by atoms with Crippen molar-refractivity contribution in [2.45, 2.75) is 25.9 Å². The monoisotopic (exact) mass is 373 g/mol. The van der Waals surface area contributed by atoms with Gasteiger partial charge in [-0.3, -0.25) is 9.59 Å². The number of hydrogen-bond acceptors (Lipinski definition) is 6. The third-order valence-corrected chi connectivity index (χ3v) is 4.70. The van der Waals surface area contributed by atoms with E-state index in [0.29, 0.717) is 24.1 Å². The largest absolute Gasteiger partial charge is 0.469 e. The van der Waals surface area contributed by atoms with Crippen LogP contribution in [-0.2, 0) is 14.3 Å². The molecule has 0 saturated carbocycles. The number of hydrogen-bond donors (Lipinski definition) is 0. The average molecular weight is 373 g/mol. The second-order valence-electron chi connectivity index (χ2n) is 6.75. The van der Waals surface area contributed by atoms with Crippen LogP contribution in [-0.4, -0.2) is 49.7 Å². The van der Waals surface area contributed by atoms with E-state index in [-0.39, 0.29) is 18.2 Å². The summed E-state index contributed by atoms with van der Waals surface area (Å²) in [5.74, 6) is -1.40. The molecule has 7 heteroatoms. The molecule has 2 unspecified atom stereocenters. The SMILES string of the molecule is COC(=O)C(C)CN(CC1CCCO1)C(=O)c1cc2ccccc2oc1=O. The Morgan fingerprint density at radius 2 is 2.11 bits per heavy atom. The van der Waals surface area contributed by atoms with Crippen molar-refractivity contribution in [3.8, 4) is 0 Å². The van der Waals surface area contributed by atoms with Gasteiger partial charge in [0.05, 0.1) is 19.1 Å². The maximum absolute atomic E-state index is 13.1. The Hall–Kier alpha value is -2.67. The Labute approximate surface area is 156 Å². The van der Waals surface area contributed by atoms with Crippen LogP contribution in [0.5, 0.6) is 0 Å². The molecule has 3 rings (SSSR count). The summed E-state index contributed by atoms with van der Waals surface area (Å²) in [6.45, 7) is 2.78. The minimum absolute atomic E-state index is 0.0521. The van der Waals surface area contributed by atoms with Crippen LogP contribution < -0.4 is 5.63 Å². The maximum Gasteiger partial charge on any atom is 0.349 e. The molecule has 1 aromatic heterocycles. The van der Waals surface area contributed by atoms with Gasteiger partial charge in [-0.15, -0.1) is 0 Å². The Balaban J connectivity index is 1.90. The topological polar surface area (TPSA) is 86.0 Å². The average Bonchev–Trinajstić information content (AvgIpc) is 3.18. The van der Waals surface area contributed by atoms with Crippen LogP contribution in [0.1, 0.15) is 30.1 Å². The number of carbonyl (C=O) groups is 2. The Kier molecular flexibility index (Phi) is 5.91. The molecule has 144 valence electrons. The Morgan fingerprint density at radius 3 is 2.81 bits per heavy atom. The zero-order chi connectivity index (χ0) is 19.4. The summed E-state index contributed by atoms with van der Waals surface area (Å²) in [6.07, 6.45) is 1.66. The van der Waals surface area contributed by atoms with E-state index in [1.165, 1.54) is 18.1 Å². The third-order valence-electron chi connectivity index (χ3n) is 4.70. The lowest BCUT2D eigenvalue weighted by atomic mass is 10.1. The quantitative estimate of drug-likeness (QED) is 0.570. The first-order valence-electron chi connectivity index (χ1n) is 9.01. The van der Waals surface area contributed by atoms with Crippen LogP contribution in [0.15, 0.2) is 39.5 Å². The molecule has 0 N–H and O–H groups in total. The van der Waals surface area contributed by atoms with Crippen LogP contribution in [0.25, 0.3) is 11.0 Å². The van der Waals surface area contributed by atoms with Gasteiger partial charge >= 0.3 is 11.6 Å². The van der Waals surface area contributed by atoms with E-state index in [0.717, 1.165) is 12.8 Å². The summed E-state index contributed by atoms with van der Waals surface area (Å²) in [7, 11) is 1.31. The molecular weight excluding hydrogens is 350 g/mol.